The van der Waals surface area contributed by atoms with Crippen LogP contribution in [-0.4, -0.2) is 70.4 Å². The lowest BCUT2D eigenvalue weighted by atomic mass is 9.93. The topological polar surface area (TPSA) is 45.2 Å². The zero-order valence-electron chi connectivity index (χ0n) is 22.8. The molecule has 2 aliphatic rings. The zero-order valence-corrected chi connectivity index (χ0v) is 22.8. The van der Waals surface area contributed by atoms with E-state index < -0.39 is 0 Å². The molecule has 6 nitrogen and oxygen atoms in total. The number of nitrogens with zero attached hydrogens (tertiary/aromatic N) is 3. The molecule has 2 heterocycles. The summed E-state index contributed by atoms with van der Waals surface area (Å²) in [5.74, 6) is 2.08. The summed E-state index contributed by atoms with van der Waals surface area (Å²) >= 11 is 0. The van der Waals surface area contributed by atoms with Crippen LogP contribution in [-0.2, 0) is 16.0 Å². The predicted octanol–water partition coefficient (Wildman–Crippen LogP) is 5.06. The summed E-state index contributed by atoms with van der Waals surface area (Å²) < 4.78 is 11.2. The van der Waals surface area contributed by atoms with Gasteiger partial charge in [0.2, 0.25) is 5.91 Å². The number of benzene rings is 2. The number of methoxy groups -OCH3 is 1. The summed E-state index contributed by atoms with van der Waals surface area (Å²) in [6, 6.07) is 13.3. The van der Waals surface area contributed by atoms with Crippen molar-refractivity contribution in [3.63, 3.8) is 0 Å². The van der Waals surface area contributed by atoms with E-state index in [4.69, 9.17) is 9.47 Å². The number of anilines is 2. The second kappa shape index (κ2) is 12.0. The van der Waals surface area contributed by atoms with E-state index in [9.17, 15) is 4.79 Å². The molecule has 0 saturated carbocycles. The Morgan fingerprint density at radius 2 is 1.61 bits per heavy atom. The van der Waals surface area contributed by atoms with Crippen molar-refractivity contribution in [3.05, 3.63) is 53.1 Å². The Bertz CT molecular complexity index is 1020. The van der Waals surface area contributed by atoms with E-state index in [0.29, 0.717) is 18.3 Å². The van der Waals surface area contributed by atoms with E-state index in [-0.39, 0.29) is 5.91 Å². The van der Waals surface area contributed by atoms with Crippen LogP contribution >= 0.6 is 0 Å². The van der Waals surface area contributed by atoms with Gasteiger partial charge >= 0.3 is 0 Å². The van der Waals surface area contributed by atoms with Gasteiger partial charge in [-0.05, 0) is 59.2 Å². The molecule has 2 aromatic rings. The average molecular weight is 494 g/mol. The summed E-state index contributed by atoms with van der Waals surface area (Å²) in [5.41, 5.74) is 6.30. The van der Waals surface area contributed by atoms with Crippen LogP contribution in [0, 0.1) is 0 Å². The highest BCUT2D eigenvalue weighted by atomic mass is 16.5. The lowest BCUT2D eigenvalue weighted by molar-refractivity contribution is -0.131. The number of rotatable bonds is 8. The van der Waals surface area contributed by atoms with Crippen LogP contribution in [0.15, 0.2) is 36.4 Å². The minimum atomic E-state index is 0.253. The van der Waals surface area contributed by atoms with Crippen LogP contribution in [0.4, 0.5) is 11.4 Å². The predicted molar refractivity (Wildman–Crippen MR) is 148 cm³/mol. The van der Waals surface area contributed by atoms with Gasteiger partial charge in [0.05, 0.1) is 26.0 Å². The molecule has 2 fully saturated rings. The molecule has 0 spiro atoms. The fraction of sp³-hybridized carbons (Fsp3) is 0.567. The van der Waals surface area contributed by atoms with Gasteiger partial charge < -0.3 is 24.2 Å². The lowest BCUT2D eigenvalue weighted by Gasteiger charge is -2.37. The second-order valence-electron chi connectivity index (χ2n) is 10.6. The van der Waals surface area contributed by atoms with Crippen molar-refractivity contribution in [2.45, 2.75) is 52.4 Å². The van der Waals surface area contributed by atoms with E-state index in [1.807, 2.05) is 4.90 Å². The number of piperazine rings is 1. The Hall–Kier alpha value is -2.73. The molecule has 0 aromatic heterocycles. The van der Waals surface area contributed by atoms with Crippen LogP contribution < -0.4 is 14.5 Å². The van der Waals surface area contributed by atoms with Gasteiger partial charge in [0.25, 0.3) is 0 Å². The fourth-order valence-corrected chi connectivity index (χ4v) is 5.30. The molecular weight excluding hydrogens is 450 g/mol. The first-order chi connectivity index (χ1) is 17.4. The van der Waals surface area contributed by atoms with Gasteiger partial charge in [-0.3, -0.25) is 4.79 Å². The number of hydrogen-bond donors (Lipinski definition) is 0. The van der Waals surface area contributed by atoms with Crippen molar-refractivity contribution in [1.82, 2.24) is 4.90 Å². The van der Waals surface area contributed by atoms with Crippen LogP contribution in [0.2, 0.25) is 0 Å². The number of carbonyl (C=O) groups is 1. The molecule has 2 aliphatic heterocycles. The van der Waals surface area contributed by atoms with E-state index in [1.54, 1.807) is 7.11 Å². The smallest absolute Gasteiger partial charge is 0.223 e. The van der Waals surface area contributed by atoms with E-state index >= 15 is 0 Å². The third-order valence-corrected chi connectivity index (χ3v) is 7.58. The van der Waals surface area contributed by atoms with Gasteiger partial charge in [0.1, 0.15) is 5.75 Å². The molecule has 1 amide bonds. The third-order valence-electron chi connectivity index (χ3n) is 7.58. The van der Waals surface area contributed by atoms with Gasteiger partial charge in [0, 0.05) is 51.4 Å². The first-order valence-electron chi connectivity index (χ1n) is 13.5. The molecule has 2 aromatic carbocycles. The molecule has 4 rings (SSSR count). The second-order valence-corrected chi connectivity index (χ2v) is 10.6. The summed E-state index contributed by atoms with van der Waals surface area (Å²) in [7, 11) is 1.74. The first-order valence-corrected chi connectivity index (χ1v) is 13.5. The van der Waals surface area contributed by atoms with Crippen LogP contribution in [0.3, 0.4) is 0 Å². The van der Waals surface area contributed by atoms with Gasteiger partial charge in [-0.2, -0.15) is 0 Å². The third kappa shape index (κ3) is 6.15. The molecule has 0 bridgehead atoms. The highest BCUT2D eigenvalue weighted by Gasteiger charge is 2.24. The molecule has 0 radical (unpaired) electrons. The summed E-state index contributed by atoms with van der Waals surface area (Å²) in [6.07, 6.45) is 1.34. The summed E-state index contributed by atoms with van der Waals surface area (Å²) in [4.78, 5) is 19.9. The number of amides is 1. The van der Waals surface area contributed by atoms with Crippen molar-refractivity contribution >= 4 is 17.3 Å². The maximum atomic E-state index is 13.2. The Labute approximate surface area is 217 Å². The summed E-state index contributed by atoms with van der Waals surface area (Å²) in [6.45, 7) is 15.4. The average Bonchev–Trinajstić information content (AvgIpc) is 2.91. The minimum Gasteiger partial charge on any atom is -0.495 e. The van der Waals surface area contributed by atoms with Crippen molar-refractivity contribution in [1.29, 1.82) is 0 Å². The lowest BCUT2D eigenvalue weighted by Crippen LogP contribution is -2.49. The fourth-order valence-electron chi connectivity index (χ4n) is 5.30. The van der Waals surface area contributed by atoms with Crippen LogP contribution in [0.25, 0.3) is 0 Å². The Morgan fingerprint density at radius 3 is 2.25 bits per heavy atom. The van der Waals surface area contributed by atoms with Crippen molar-refractivity contribution in [2.24, 2.45) is 0 Å². The van der Waals surface area contributed by atoms with Crippen LogP contribution in [0.1, 0.15) is 62.6 Å². The molecule has 36 heavy (non-hydrogen) atoms. The molecule has 0 aliphatic carbocycles. The minimum absolute atomic E-state index is 0.253. The molecule has 196 valence electrons. The van der Waals surface area contributed by atoms with Crippen molar-refractivity contribution < 1.29 is 14.3 Å². The quantitative estimate of drug-likeness (QED) is 0.514. The SMILES string of the molecule is COc1cc(C(C)C)ccc1N1CCN(C(=O)CCc2cc(N3CCOCC3)ccc2C(C)C)CC1. The largest absolute Gasteiger partial charge is 0.495 e. The van der Waals surface area contributed by atoms with Gasteiger partial charge in [0.15, 0.2) is 0 Å². The molecular formula is C30H43N3O3. The number of aryl methyl sites for hydroxylation is 1. The van der Waals surface area contributed by atoms with Gasteiger partial charge in [-0.25, -0.2) is 0 Å². The Balaban J connectivity index is 1.36. The maximum Gasteiger partial charge on any atom is 0.223 e. The molecule has 0 atom stereocenters. The number of morpholine rings is 1. The molecule has 6 heteroatoms. The molecule has 0 unspecified atom stereocenters. The number of carbonyl (C=O) groups excluding carboxylic acids is 1. The van der Waals surface area contributed by atoms with E-state index in [0.717, 1.165) is 70.3 Å². The van der Waals surface area contributed by atoms with Crippen LogP contribution in [0.5, 0.6) is 5.75 Å². The Kier molecular flexibility index (Phi) is 8.78. The van der Waals surface area contributed by atoms with Gasteiger partial charge in [-0.1, -0.05) is 39.8 Å². The van der Waals surface area contributed by atoms with Gasteiger partial charge in [-0.15, -0.1) is 0 Å². The number of hydrogen-bond acceptors (Lipinski definition) is 5. The van der Waals surface area contributed by atoms with Crippen molar-refractivity contribution in [3.8, 4) is 5.75 Å². The Morgan fingerprint density at radius 1 is 0.889 bits per heavy atom. The number of ether oxygens (including phenoxy) is 2. The highest BCUT2D eigenvalue weighted by molar-refractivity contribution is 5.77. The molecule has 2 saturated heterocycles. The normalized spacial score (nSPS) is 16.7. The zero-order chi connectivity index (χ0) is 25.7. The molecule has 0 N–H and O–H groups in total. The van der Waals surface area contributed by atoms with E-state index in [1.165, 1.54) is 22.4 Å². The first kappa shape index (κ1) is 26.3. The monoisotopic (exact) mass is 493 g/mol. The standard InChI is InChI=1S/C30H43N3O3/c1-22(2)24-6-10-28(29(21-24)35-5)32-12-14-33(15-13-32)30(34)11-7-25-20-26(8-9-27(25)23(3)4)31-16-18-36-19-17-31/h6,8-10,20-23H,7,11-19H2,1-5H3. The van der Waals surface area contributed by atoms with E-state index in [2.05, 4.69) is 73.9 Å². The van der Waals surface area contributed by atoms with Crippen molar-refractivity contribution in [2.75, 3.05) is 69.4 Å². The maximum absolute atomic E-state index is 13.2. The summed E-state index contributed by atoms with van der Waals surface area (Å²) in [5, 5.41) is 0. The highest BCUT2D eigenvalue weighted by Crippen LogP contribution is 2.32.